The minimum absolute atomic E-state index is 0.0604. The molecule has 2 unspecified atom stereocenters. The summed E-state index contributed by atoms with van der Waals surface area (Å²) in [6.45, 7) is 1.17. The highest BCUT2D eigenvalue weighted by atomic mass is 35.5. The Balaban J connectivity index is 1.64. The van der Waals surface area contributed by atoms with Crippen LogP contribution in [0.15, 0.2) is 24.3 Å². The number of urea groups is 1. The predicted molar refractivity (Wildman–Crippen MR) is 96.0 cm³/mol. The van der Waals surface area contributed by atoms with Crippen LogP contribution < -0.4 is 15.4 Å². The first kappa shape index (κ1) is 20.0. The number of nitrogens with one attached hydrogen (secondary N) is 2. The standard InChI is InChI=1S/C18H23ClN2O5/c1-12-5-2-3-8-15(12)20-18(24)21-16(22)10-26-17(23)11-25-14-7-4-6-13(19)9-14/h4,6-7,9,12,15H,2-3,5,8,10-11H2,1H3,(H2,20,21,22,24). The molecule has 2 rings (SSSR count). The highest BCUT2D eigenvalue weighted by Gasteiger charge is 2.23. The second kappa shape index (κ2) is 10.0. The highest BCUT2D eigenvalue weighted by molar-refractivity contribution is 6.30. The SMILES string of the molecule is CC1CCCCC1NC(=O)NC(=O)COC(=O)COc1cccc(Cl)c1. The van der Waals surface area contributed by atoms with Crippen molar-refractivity contribution in [2.75, 3.05) is 13.2 Å². The second-order valence-corrected chi connectivity index (χ2v) is 6.73. The summed E-state index contributed by atoms with van der Waals surface area (Å²) in [6.07, 6.45) is 4.18. The molecule has 0 bridgehead atoms. The average Bonchev–Trinajstić information content (AvgIpc) is 2.60. The fraction of sp³-hybridized carbons (Fsp3) is 0.500. The van der Waals surface area contributed by atoms with Gasteiger partial charge in [-0.3, -0.25) is 10.1 Å². The summed E-state index contributed by atoms with van der Waals surface area (Å²) in [6, 6.07) is 6.05. The molecular weight excluding hydrogens is 360 g/mol. The monoisotopic (exact) mass is 382 g/mol. The maximum Gasteiger partial charge on any atom is 0.344 e. The lowest BCUT2D eigenvalue weighted by Crippen LogP contribution is -2.48. The molecule has 0 heterocycles. The summed E-state index contributed by atoms with van der Waals surface area (Å²) in [5.74, 6) is -0.616. The first-order valence-electron chi connectivity index (χ1n) is 8.58. The molecule has 1 aliphatic rings. The second-order valence-electron chi connectivity index (χ2n) is 6.30. The van der Waals surface area contributed by atoms with Gasteiger partial charge in [-0.15, -0.1) is 0 Å². The van der Waals surface area contributed by atoms with Gasteiger partial charge in [0.1, 0.15) is 5.75 Å². The number of imide groups is 1. The van der Waals surface area contributed by atoms with E-state index >= 15 is 0 Å². The molecule has 7 nitrogen and oxygen atoms in total. The molecule has 8 heteroatoms. The first-order valence-corrected chi connectivity index (χ1v) is 8.96. The smallest absolute Gasteiger partial charge is 0.344 e. The summed E-state index contributed by atoms with van der Waals surface area (Å²) >= 11 is 5.80. The number of amides is 3. The van der Waals surface area contributed by atoms with Crippen LogP contribution in [0.5, 0.6) is 5.75 Å². The van der Waals surface area contributed by atoms with Gasteiger partial charge in [-0.05, 0) is 37.0 Å². The Morgan fingerprint density at radius 1 is 1.19 bits per heavy atom. The molecule has 26 heavy (non-hydrogen) atoms. The molecule has 0 spiro atoms. The van der Waals surface area contributed by atoms with Crippen molar-refractivity contribution in [2.45, 2.75) is 38.6 Å². The molecule has 2 N–H and O–H groups in total. The van der Waals surface area contributed by atoms with Crippen molar-refractivity contribution >= 4 is 29.5 Å². The van der Waals surface area contributed by atoms with Gasteiger partial charge in [-0.1, -0.05) is 37.4 Å². The summed E-state index contributed by atoms with van der Waals surface area (Å²) in [4.78, 5) is 35.1. The zero-order chi connectivity index (χ0) is 18.9. The van der Waals surface area contributed by atoms with Crippen LogP contribution in [0, 0.1) is 5.92 Å². The first-order chi connectivity index (χ1) is 12.4. The molecule has 0 aliphatic heterocycles. The number of halogens is 1. The molecule has 3 amide bonds. The molecule has 142 valence electrons. The van der Waals surface area contributed by atoms with Gasteiger partial charge in [0.25, 0.3) is 5.91 Å². The van der Waals surface area contributed by atoms with Crippen LogP contribution in [0.2, 0.25) is 5.02 Å². The van der Waals surface area contributed by atoms with Crippen LogP contribution >= 0.6 is 11.6 Å². The molecule has 1 aromatic carbocycles. The minimum Gasteiger partial charge on any atom is -0.482 e. The molecule has 0 aromatic heterocycles. The van der Waals surface area contributed by atoms with E-state index in [4.69, 9.17) is 21.1 Å². The summed E-state index contributed by atoms with van der Waals surface area (Å²) in [5, 5.41) is 5.43. The Morgan fingerprint density at radius 3 is 2.69 bits per heavy atom. The largest absolute Gasteiger partial charge is 0.482 e. The molecule has 0 radical (unpaired) electrons. The maximum atomic E-state index is 11.8. The maximum absolute atomic E-state index is 11.8. The van der Waals surface area contributed by atoms with E-state index in [1.54, 1.807) is 24.3 Å². The van der Waals surface area contributed by atoms with Crippen molar-refractivity contribution in [3.05, 3.63) is 29.3 Å². The number of rotatable bonds is 6. The van der Waals surface area contributed by atoms with Gasteiger partial charge < -0.3 is 14.8 Å². The van der Waals surface area contributed by atoms with Gasteiger partial charge in [-0.25, -0.2) is 9.59 Å². The molecule has 1 fully saturated rings. The normalized spacial score (nSPS) is 19.3. The van der Waals surface area contributed by atoms with Crippen molar-refractivity contribution in [2.24, 2.45) is 5.92 Å². The lowest BCUT2D eigenvalue weighted by Gasteiger charge is -2.29. The van der Waals surface area contributed by atoms with Crippen molar-refractivity contribution in [3.8, 4) is 5.75 Å². The van der Waals surface area contributed by atoms with Crippen LogP contribution in [-0.4, -0.2) is 37.2 Å². The van der Waals surface area contributed by atoms with Gasteiger partial charge in [0, 0.05) is 11.1 Å². The molecule has 1 aromatic rings. The van der Waals surface area contributed by atoms with Crippen molar-refractivity contribution in [1.29, 1.82) is 0 Å². The lowest BCUT2D eigenvalue weighted by molar-refractivity contribution is -0.150. The third kappa shape index (κ3) is 6.92. The zero-order valence-electron chi connectivity index (χ0n) is 14.6. The van der Waals surface area contributed by atoms with Crippen molar-refractivity contribution < 1.29 is 23.9 Å². The van der Waals surface area contributed by atoms with Crippen LogP contribution in [0.3, 0.4) is 0 Å². The number of carbonyl (C=O) groups is 3. The number of ether oxygens (including phenoxy) is 2. The highest BCUT2D eigenvalue weighted by Crippen LogP contribution is 2.23. The van der Waals surface area contributed by atoms with Gasteiger partial charge in [0.15, 0.2) is 13.2 Å². The van der Waals surface area contributed by atoms with Gasteiger partial charge in [0.05, 0.1) is 0 Å². The predicted octanol–water partition coefficient (Wildman–Crippen LogP) is 2.67. The number of carbonyl (C=O) groups excluding carboxylic acids is 3. The van der Waals surface area contributed by atoms with Gasteiger partial charge >= 0.3 is 12.0 Å². The number of esters is 1. The molecular formula is C18H23ClN2O5. The Morgan fingerprint density at radius 2 is 1.96 bits per heavy atom. The summed E-state index contributed by atoms with van der Waals surface area (Å²) < 4.78 is 9.98. The summed E-state index contributed by atoms with van der Waals surface area (Å²) in [7, 11) is 0. The van der Waals surface area contributed by atoms with E-state index in [9.17, 15) is 14.4 Å². The van der Waals surface area contributed by atoms with Crippen LogP contribution in [0.1, 0.15) is 32.6 Å². The van der Waals surface area contributed by atoms with Gasteiger partial charge in [0.2, 0.25) is 0 Å². The number of hydrogen-bond acceptors (Lipinski definition) is 5. The van der Waals surface area contributed by atoms with E-state index in [-0.39, 0.29) is 12.6 Å². The third-order valence-electron chi connectivity index (χ3n) is 4.20. The van der Waals surface area contributed by atoms with Crippen molar-refractivity contribution in [3.63, 3.8) is 0 Å². The Hall–Kier alpha value is -2.28. The van der Waals surface area contributed by atoms with Crippen LogP contribution in [0.4, 0.5) is 4.79 Å². The molecule has 0 saturated heterocycles. The summed E-state index contributed by atoms with van der Waals surface area (Å²) in [5.41, 5.74) is 0. The number of hydrogen-bond donors (Lipinski definition) is 2. The molecule has 1 saturated carbocycles. The van der Waals surface area contributed by atoms with Crippen LogP contribution in [0.25, 0.3) is 0 Å². The minimum atomic E-state index is -0.721. The Bertz CT molecular complexity index is 652. The van der Waals surface area contributed by atoms with Crippen molar-refractivity contribution in [1.82, 2.24) is 10.6 Å². The van der Waals surface area contributed by atoms with Gasteiger partial charge in [-0.2, -0.15) is 0 Å². The van der Waals surface area contributed by atoms with E-state index < -0.39 is 24.5 Å². The quantitative estimate of drug-likeness (QED) is 0.738. The fourth-order valence-corrected chi connectivity index (χ4v) is 2.96. The van der Waals surface area contributed by atoms with Crippen LogP contribution in [-0.2, 0) is 14.3 Å². The molecule has 1 aliphatic carbocycles. The van der Waals surface area contributed by atoms with E-state index in [0.29, 0.717) is 16.7 Å². The van der Waals surface area contributed by atoms with E-state index in [2.05, 4.69) is 17.6 Å². The fourth-order valence-electron chi connectivity index (χ4n) is 2.78. The van der Waals surface area contributed by atoms with E-state index in [1.807, 2.05) is 0 Å². The zero-order valence-corrected chi connectivity index (χ0v) is 15.4. The Labute approximate surface area is 157 Å². The molecule has 2 atom stereocenters. The third-order valence-corrected chi connectivity index (χ3v) is 4.43. The average molecular weight is 383 g/mol. The lowest BCUT2D eigenvalue weighted by atomic mass is 9.86. The van der Waals surface area contributed by atoms with E-state index in [0.717, 1.165) is 25.7 Å². The Kier molecular flexibility index (Phi) is 7.72. The number of benzene rings is 1. The van der Waals surface area contributed by atoms with E-state index in [1.165, 1.54) is 0 Å². The topological polar surface area (TPSA) is 93.7 Å².